The second kappa shape index (κ2) is 4.60. The van der Waals surface area contributed by atoms with E-state index in [9.17, 15) is 4.39 Å². The molecule has 2 aromatic rings. The van der Waals surface area contributed by atoms with Crippen molar-refractivity contribution in [3.8, 4) is 0 Å². The molecule has 6 heteroatoms. The van der Waals surface area contributed by atoms with Crippen LogP contribution in [-0.2, 0) is 0 Å². The molecule has 0 unspecified atom stereocenters. The number of anilines is 3. The molecule has 0 saturated carbocycles. The number of nitrogens with two attached hydrogens (primary N) is 1. The van der Waals surface area contributed by atoms with Gasteiger partial charge >= 0.3 is 0 Å². The van der Waals surface area contributed by atoms with Crippen molar-refractivity contribution in [2.45, 2.75) is 0 Å². The predicted octanol–water partition coefficient (Wildman–Crippen LogP) is 2.55. The van der Waals surface area contributed by atoms with E-state index >= 15 is 0 Å². The topological polar surface area (TPSA) is 63.8 Å². The van der Waals surface area contributed by atoms with Gasteiger partial charge in [0, 0.05) is 16.0 Å². The van der Waals surface area contributed by atoms with E-state index in [2.05, 4.69) is 15.3 Å². The van der Waals surface area contributed by atoms with Gasteiger partial charge in [-0.1, -0.05) is 0 Å². The third kappa shape index (κ3) is 2.38. The van der Waals surface area contributed by atoms with Crippen molar-refractivity contribution in [3.05, 3.63) is 40.0 Å². The standard InChI is InChI=1S/C10H8FIN4/c11-6-1-2-8(7(12)5-6)16-10-9(13)14-3-4-15-10/h1-5H,(H2,13,14)(H,15,16). The van der Waals surface area contributed by atoms with E-state index < -0.39 is 0 Å². The fraction of sp³-hybridized carbons (Fsp3) is 0. The molecule has 0 saturated heterocycles. The monoisotopic (exact) mass is 330 g/mol. The van der Waals surface area contributed by atoms with Gasteiger partial charge in [0.2, 0.25) is 0 Å². The summed E-state index contributed by atoms with van der Waals surface area (Å²) in [6, 6.07) is 4.43. The number of rotatable bonds is 2. The van der Waals surface area contributed by atoms with Crippen molar-refractivity contribution < 1.29 is 4.39 Å². The largest absolute Gasteiger partial charge is 0.381 e. The number of hydrogen-bond acceptors (Lipinski definition) is 4. The Morgan fingerprint density at radius 2 is 2.00 bits per heavy atom. The molecule has 0 spiro atoms. The Hall–Kier alpha value is -1.44. The first kappa shape index (κ1) is 11.1. The van der Waals surface area contributed by atoms with Crippen LogP contribution in [0.15, 0.2) is 30.6 Å². The highest BCUT2D eigenvalue weighted by Gasteiger charge is 2.05. The molecule has 1 heterocycles. The first-order valence-electron chi connectivity index (χ1n) is 4.45. The summed E-state index contributed by atoms with van der Waals surface area (Å²) in [5, 5.41) is 2.99. The zero-order chi connectivity index (χ0) is 11.5. The molecule has 0 atom stereocenters. The molecule has 0 radical (unpaired) electrons. The van der Waals surface area contributed by atoms with Crippen molar-refractivity contribution in [1.29, 1.82) is 0 Å². The van der Waals surface area contributed by atoms with Crippen LogP contribution in [0.2, 0.25) is 0 Å². The average Bonchev–Trinajstić information content (AvgIpc) is 2.25. The fourth-order valence-corrected chi connectivity index (χ4v) is 1.78. The summed E-state index contributed by atoms with van der Waals surface area (Å²) in [7, 11) is 0. The van der Waals surface area contributed by atoms with Crippen LogP contribution in [-0.4, -0.2) is 9.97 Å². The Labute approximate surface area is 105 Å². The van der Waals surface area contributed by atoms with Gasteiger partial charge in [-0.25, -0.2) is 14.4 Å². The van der Waals surface area contributed by atoms with Crippen LogP contribution in [0, 0.1) is 9.39 Å². The predicted molar refractivity (Wildman–Crippen MR) is 68.8 cm³/mol. The van der Waals surface area contributed by atoms with Gasteiger partial charge in [0.1, 0.15) is 5.82 Å². The van der Waals surface area contributed by atoms with E-state index in [1.54, 1.807) is 6.07 Å². The minimum atomic E-state index is -0.276. The molecule has 0 aliphatic heterocycles. The van der Waals surface area contributed by atoms with Crippen LogP contribution in [0.4, 0.5) is 21.7 Å². The first-order chi connectivity index (χ1) is 7.66. The Kier molecular flexibility index (Phi) is 3.18. The lowest BCUT2D eigenvalue weighted by Crippen LogP contribution is -2.02. The number of nitrogens with zero attached hydrogens (tertiary/aromatic N) is 2. The van der Waals surface area contributed by atoms with Gasteiger partial charge in [-0.2, -0.15) is 0 Å². The highest BCUT2D eigenvalue weighted by atomic mass is 127. The molecule has 1 aromatic heterocycles. The molecular formula is C10H8FIN4. The van der Waals surface area contributed by atoms with E-state index in [1.807, 2.05) is 22.6 Å². The molecular weight excluding hydrogens is 322 g/mol. The van der Waals surface area contributed by atoms with Crippen LogP contribution in [0.5, 0.6) is 0 Å². The lowest BCUT2D eigenvalue weighted by Gasteiger charge is -2.08. The van der Waals surface area contributed by atoms with Gasteiger partial charge in [-0.3, -0.25) is 0 Å². The van der Waals surface area contributed by atoms with E-state index in [4.69, 9.17) is 5.73 Å². The van der Waals surface area contributed by atoms with Gasteiger partial charge in [-0.15, -0.1) is 0 Å². The smallest absolute Gasteiger partial charge is 0.173 e. The Balaban J connectivity index is 2.31. The molecule has 0 amide bonds. The Morgan fingerprint density at radius 1 is 1.25 bits per heavy atom. The summed E-state index contributed by atoms with van der Waals surface area (Å²) < 4.78 is 13.6. The molecule has 3 N–H and O–H groups in total. The first-order valence-corrected chi connectivity index (χ1v) is 5.53. The zero-order valence-electron chi connectivity index (χ0n) is 8.11. The van der Waals surface area contributed by atoms with Crippen LogP contribution in [0.25, 0.3) is 0 Å². The lowest BCUT2D eigenvalue weighted by atomic mass is 10.3. The normalized spacial score (nSPS) is 10.1. The van der Waals surface area contributed by atoms with Crippen LogP contribution in [0.1, 0.15) is 0 Å². The maximum atomic E-state index is 12.9. The molecule has 0 aliphatic carbocycles. The van der Waals surface area contributed by atoms with Crippen molar-refractivity contribution in [3.63, 3.8) is 0 Å². The minimum absolute atomic E-state index is 0.276. The summed E-state index contributed by atoms with van der Waals surface area (Å²) in [5.74, 6) is 0.497. The number of benzene rings is 1. The van der Waals surface area contributed by atoms with Gasteiger partial charge in [0.15, 0.2) is 11.6 Å². The molecule has 1 aromatic carbocycles. The van der Waals surface area contributed by atoms with Crippen molar-refractivity contribution >= 4 is 39.9 Å². The maximum Gasteiger partial charge on any atom is 0.173 e. The van der Waals surface area contributed by atoms with E-state index in [0.29, 0.717) is 11.6 Å². The minimum Gasteiger partial charge on any atom is -0.381 e. The number of nitrogen functional groups attached to an aromatic ring is 1. The maximum absolute atomic E-state index is 12.9. The van der Waals surface area contributed by atoms with Gasteiger partial charge in [-0.05, 0) is 40.8 Å². The van der Waals surface area contributed by atoms with E-state index in [1.165, 1.54) is 24.5 Å². The van der Waals surface area contributed by atoms with Gasteiger partial charge in [0.25, 0.3) is 0 Å². The van der Waals surface area contributed by atoms with Crippen molar-refractivity contribution in [1.82, 2.24) is 9.97 Å². The lowest BCUT2D eigenvalue weighted by molar-refractivity contribution is 0.627. The molecule has 4 nitrogen and oxygen atoms in total. The molecule has 82 valence electrons. The third-order valence-corrected chi connectivity index (χ3v) is 2.80. The van der Waals surface area contributed by atoms with Gasteiger partial charge in [0.05, 0.1) is 5.69 Å². The number of hydrogen-bond donors (Lipinski definition) is 2. The fourth-order valence-electron chi connectivity index (χ4n) is 1.16. The van der Waals surface area contributed by atoms with Crippen LogP contribution < -0.4 is 11.1 Å². The van der Waals surface area contributed by atoms with E-state index in [-0.39, 0.29) is 5.82 Å². The van der Waals surface area contributed by atoms with Crippen LogP contribution >= 0.6 is 22.6 Å². The zero-order valence-corrected chi connectivity index (χ0v) is 10.3. The second-order valence-electron chi connectivity index (χ2n) is 3.04. The van der Waals surface area contributed by atoms with Gasteiger partial charge < -0.3 is 11.1 Å². The molecule has 2 rings (SSSR count). The van der Waals surface area contributed by atoms with Crippen molar-refractivity contribution in [2.75, 3.05) is 11.1 Å². The van der Waals surface area contributed by atoms with Crippen LogP contribution in [0.3, 0.4) is 0 Å². The van der Waals surface area contributed by atoms with Crippen molar-refractivity contribution in [2.24, 2.45) is 0 Å². The molecule has 0 aliphatic rings. The molecule has 0 fully saturated rings. The SMILES string of the molecule is Nc1nccnc1Nc1ccc(F)cc1I. The highest BCUT2D eigenvalue weighted by Crippen LogP contribution is 2.23. The number of aromatic nitrogens is 2. The highest BCUT2D eigenvalue weighted by molar-refractivity contribution is 14.1. The number of nitrogens with one attached hydrogen (secondary N) is 1. The number of halogens is 2. The quantitative estimate of drug-likeness (QED) is 0.831. The summed E-state index contributed by atoms with van der Waals surface area (Å²) >= 11 is 2.03. The third-order valence-electron chi connectivity index (χ3n) is 1.91. The summed E-state index contributed by atoms with van der Waals surface area (Å²) in [6.07, 6.45) is 3.05. The van der Waals surface area contributed by atoms with E-state index in [0.717, 1.165) is 9.26 Å². The second-order valence-corrected chi connectivity index (χ2v) is 4.20. The molecule has 16 heavy (non-hydrogen) atoms. The Bertz CT molecular complexity index is 518. The summed E-state index contributed by atoms with van der Waals surface area (Å²) in [4.78, 5) is 7.94. The average molecular weight is 330 g/mol. The Morgan fingerprint density at radius 3 is 2.69 bits per heavy atom. The summed E-state index contributed by atoms with van der Waals surface area (Å²) in [5.41, 5.74) is 6.38. The summed E-state index contributed by atoms with van der Waals surface area (Å²) in [6.45, 7) is 0. The molecule has 0 bridgehead atoms.